The van der Waals surface area contributed by atoms with E-state index in [9.17, 15) is 23.5 Å². The number of rotatable bonds is 8. The van der Waals surface area contributed by atoms with Gasteiger partial charge in [0, 0.05) is 30.5 Å². The molecule has 0 aliphatic rings. The fraction of sp³-hybridized carbons (Fsp3) is 0.350. The van der Waals surface area contributed by atoms with E-state index in [4.69, 9.17) is 4.74 Å². The molecule has 0 spiro atoms. The van der Waals surface area contributed by atoms with Crippen molar-refractivity contribution in [2.75, 3.05) is 13.2 Å². The summed E-state index contributed by atoms with van der Waals surface area (Å²) >= 11 is 1.46. The Bertz CT molecular complexity index is 1130. The van der Waals surface area contributed by atoms with Gasteiger partial charge in [0.05, 0.1) is 11.7 Å². The highest BCUT2D eigenvalue weighted by Crippen LogP contribution is 2.25. The second-order valence-corrected chi connectivity index (χ2v) is 8.00. The van der Waals surface area contributed by atoms with E-state index >= 15 is 0 Å². The quantitative estimate of drug-likeness (QED) is 0.564. The molecule has 0 saturated carbocycles. The molecular formula is C20H21F2N3O4S. The predicted molar refractivity (Wildman–Crippen MR) is 109 cm³/mol. The number of carbonyl (C=O) groups excluding carboxylic acids is 1. The number of ether oxygens (including phenoxy) is 1. The van der Waals surface area contributed by atoms with Gasteiger partial charge in [-0.25, -0.2) is 13.8 Å². The highest BCUT2D eigenvalue weighted by atomic mass is 32.1. The number of nitrogens with one attached hydrogen (secondary N) is 1. The second-order valence-electron chi connectivity index (χ2n) is 6.80. The summed E-state index contributed by atoms with van der Waals surface area (Å²) in [5, 5.41) is 13.0. The molecule has 0 bridgehead atoms. The maximum atomic E-state index is 13.1. The van der Waals surface area contributed by atoms with Crippen LogP contribution in [-0.2, 0) is 11.3 Å². The molecule has 2 aromatic heterocycles. The second kappa shape index (κ2) is 9.31. The first-order valence-corrected chi connectivity index (χ1v) is 10.1. The number of carbonyl (C=O) groups is 1. The number of nitrogens with zero attached hydrogens (tertiary/aromatic N) is 2. The van der Waals surface area contributed by atoms with Gasteiger partial charge in [-0.2, -0.15) is 0 Å². The third-order valence-electron chi connectivity index (χ3n) is 4.60. The zero-order valence-corrected chi connectivity index (χ0v) is 17.3. The van der Waals surface area contributed by atoms with Crippen molar-refractivity contribution in [3.05, 3.63) is 57.0 Å². The first-order chi connectivity index (χ1) is 14.3. The van der Waals surface area contributed by atoms with Crippen LogP contribution in [0.5, 0.6) is 5.75 Å². The summed E-state index contributed by atoms with van der Waals surface area (Å²) in [6.07, 6.45) is 0.420. The largest absolute Gasteiger partial charge is 0.491 e. The van der Waals surface area contributed by atoms with Crippen molar-refractivity contribution >= 4 is 27.5 Å². The van der Waals surface area contributed by atoms with E-state index in [-0.39, 0.29) is 43.3 Å². The lowest BCUT2D eigenvalue weighted by Crippen LogP contribution is -2.36. The van der Waals surface area contributed by atoms with Crippen LogP contribution in [0.1, 0.15) is 16.9 Å². The number of hydrogen-bond donors (Lipinski definition) is 2. The third-order valence-corrected chi connectivity index (χ3v) is 5.72. The standard InChI is InChI=1S/C20H21F2N3O4S/c1-11-12(2)30-19-18(11)20(28)25(10-24-19)6-5-17(27)23-8-13(26)9-29-14-3-4-15(21)16(22)7-14/h3-4,7,10,13,26H,5-6,8-9H2,1-2H3,(H,23,27). The molecule has 1 unspecified atom stereocenters. The number of aliphatic hydroxyl groups excluding tert-OH is 1. The van der Waals surface area contributed by atoms with Gasteiger partial charge in [-0.3, -0.25) is 14.2 Å². The molecule has 0 radical (unpaired) electrons. The number of aliphatic hydroxyl groups is 1. The number of halogens is 2. The molecule has 7 nitrogen and oxygen atoms in total. The van der Waals surface area contributed by atoms with Crippen molar-refractivity contribution in [3.8, 4) is 5.75 Å². The summed E-state index contributed by atoms with van der Waals surface area (Å²) in [7, 11) is 0. The molecule has 0 saturated heterocycles. The molecule has 2 heterocycles. The minimum Gasteiger partial charge on any atom is -0.491 e. The molecule has 1 amide bonds. The third kappa shape index (κ3) is 5.00. The summed E-state index contributed by atoms with van der Waals surface area (Å²) < 4.78 is 32.6. The van der Waals surface area contributed by atoms with Gasteiger partial charge >= 0.3 is 0 Å². The predicted octanol–water partition coefficient (Wildman–Crippen LogP) is 2.30. The first-order valence-electron chi connectivity index (χ1n) is 9.24. The van der Waals surface area contributed by atoms with Crippen LogP contribution >= 0.6 is 11.3 Å². The summed E-state index contributed by atoms with van der Waals surface area (Å²) in [6.45, 7) is 3.67. The molecule has 0 fully saturated rings. The molecule has 1 aromatic carbocycles. The average Bonchev–Trinajstić information content (AvgIpc) is 3.01. The Kier molecular flexibility index (Phi) is 6.78. The van der Waals surface area contributed by atoms with Crippen LogP contribution in [0.2, 0.25) is 0 Å². The highest BCUT2D eigenvalue weighted by molar-refractivity contribution is 7.18. The zero-order valence-electron chi connectivity index (χ0n) is 16.4. The number of amides is 1. The Balaban J connectivity index is 1.47. The molecule has 30 heavy (non-hydrogen) atoms. The molecule has 10 heteroatoms. The summed E-state index contributed by atoms with van der Waals surface area (Å²) in [6, 6.07) is 3.04. The number of fused-ring (bicyclic) bond motifs is 1. The van der Waals surface area contributed by atoms with Crippen LogP contribution < -0.4 is 15.6 Å². The number of thiophene rings is 1. The molecule has 3 aromatic rings. The van der Waals surface area contributed by atoms with Crippen molar-refractivity contribution in [3.63, 3.8) is 0 Å². The van der Waals surface area contributed by atoms with Crippen molar-refractivity contribution in [1.29, 1.82) is 0 Å². The van der Waals surface area contributed by atoms with E-state index in [1.165, 1.54) is 28.3 Å². The van der Waals surface area contributed by atoms with Crippen LogP contribution in [0.15, 0.2) is 29.3 Å². The van der Waals surface area contributed by atoms with Crippen molar-refractivity contribution < 1.29 is 23.4 Å². The van der Waals surface area contributed by atoms with Gasteiger partial charge in [0.15, 0.2) is 11.6 Å². The number of benzene rings is 1. The van der Waals surface area contributed by atoms with E-state index in [0.29, 0.717) is 10.2 Å². The average molecular weight is 437 g/mol. The van der Waals surface area contributed by atoms with Crippen LogP contribution in [0.3, 0.4) is 0 Å². The number of aromatic nitrogens is 2. The number of hydrogen-bond acceptors (Lipinski definition) is 6. The van der Waals surface area contributed by atoms with Gasteiger partial charge in [0.2, 0.25) is 5.91 Å². The van der Waals surface area contributed by atoms with Crippen LogP contribution in [0, 0.1) is 25.5 Å². The Hall–Kier alpha value is -2.85. The fourth-order valence-electron chi connectivity index (χ4n) is 2.79. The molecule has 160 valence electrons. The monoisotopic (exact) mass is 437 g/mol. The summed E-state index contributed by atoms with van der Waals surface area (Å²) in [4.78, 5) is 30.6. The maximum Gasteiger partial charge on any atom is 0.262 e. The normalized spacial score (nSPS) is 12.2. The lowest BCUT2D eigenvalue weighted by atomic mass is 10.2. The Labute approximate surface area is 174 Å². The highest BCUT2D eigenvalue weighted by Gasteiger charge is 2.13. The smallest absolute Gasteiger partial charge is 0.262 e. The Morgan fingerprint density at radius 2 is 2.10 bits per heavy atom. The van der Waals surface area contributed by atoms with Crippen LogP contribution in [-0.4, -0.2) is 39.8 Å². The van der Waals surface area contributed by atoms with E-state index in [0.717, 1.165) is 22.6 Å². The van der Waals surface area contributed by atoms with Gasteiger partial charge in [0.25, 0.3) is 5.56 Å². The van der Waals surface area contributed by atoms with E-state index in [1.807, 2.05) is 13.8 Å². The molecule has 3 rings (SSSR count). The molecule has 1 atom stereocenters. The summed E-state index contributed by atoms with van der Waals surface area (Å²) in [5.41, 5.74) is 0.713. The lowest BCUT2D eigenvalue weighted by molar-refractivity contribution is -0.121. The van der Waals surface area contributed by atoms with Gasteiger partial charge in [-0.05, 0) is 31.5 Å². The van der Waals surface area contributed by atoms with Gasteiger partial charge < -0.3 is 15.2 Å². The van der Waals surface area contributed by atoms with E-state index in [2.05, 4.69) is 10.3 Å². The molecule has 2 N–H and O–H groups in total. The van der Waals surface area contributed by atoms with Crippen LogP contribution in [0.25, 0.3) is 10.2 Å². The Morgan fingerprint density at radius 1 is 1.33 bits per heavy atom. The SMILES string of the molecule is Cc1sc2ncn(CCC(=O)NCC(O)COc3ccc(F)c(F)c3)c(=O)c2c1C. The lowest BCUT2D eigenvalue weighted by Gasteiger charge is -2.13. The van der Waals surface area contributed by atoms with Crippen molar-refractivity contribution in [1.82, 2.24) is 14.9 Å². The molecule has 0 aliphatic heterocycles. The first kappa shape index (κ1) is 21.8. The van der Waals surface area contributed by atoms with Crippen molar-refractivity contribution in [2.24, 2.45) is 0 Å². The van der Waals surface area contributed by atoms with Gasteiger partial charge in [0.1, 0.15) is 23.3 Å². The van der Waals surface area contributed by atoms with E-state index < -0.39 is 17.7 Å². The van der Waals surface area contributed by atoms with Crippen molar-refractivity contribution in [2.45, 2.75) is 32.9 Å². The summed E-state index contributed by atoms with van der Waals surface area (Å²) in [5.74, 6) is -2.33. The molecular weight excluding hydrogens is 416 g/mol. The fourth-order valence-corrected chi connectivity index (χ4v) is 3.78. The zero-order chi connectivity index (χ0) is 21.8. The maximum absolute atomic E-state index is 13.1. The van der Waals surface area contributed by atoms with E-state index in [1.54, 1.807) is 0 Å². The number of aryl methyl sites for hydroxylation is 3. The topological polar surface area (TPSA) is 93.5 Å². The van der Waals surface area contributed by atoms with Gasteiger partial charge in [-0.15, -0.1) is 11.3 Å². The minimum absolute atomic E-state index is 0.0337. The minimum atomic E-state index is -1.05. The van der Waals surface area contributed by atoms with Gasteiger partial charge in [-0.1, -0.05) is 0 Å². The molecule has 0 aliphatic carbocycles. The van der Waals surface area contributed by atoms with Crippen LogP contribution in [0.4, 0.5) is 8.78 Å². The Morgan fingerprint density at radius 3 is 2.83 bits per heavy atom.